The minimum absolute atomic E-state index is 0.0118. The second kappa shape index (κ2) is 9.93. The van der Waals surface area contributed by atoms with Crippen LogP contribution in [-0.4, -0.2) is 36.4 Å². The summed E-state index contributed by atoms with van der Waals surface area (Å²) in [5.41, 5.74) is 1.56. The van der Waals surface area contributed by atoms with Crippen molar-refractivity contribution in [1.29, 1.82) is 0 Å². The number of carbonyl (C=O) groups excluding carboxylic acids is 2. The monoisotopic (exact) mass is 380 g/mol. The molecule has 1 N–H and O–H groups in total. The highest BCUT2D eigenvalue weighted by Crippen LogP contribution is 2.22. The van der Waals surface area contributed by atoms with Gasteiger partial charge < -0.3 is 15.0 Å². The topological polar surface area (TPSA) is 58.6 Å². The molecule has 0 radical (unpaired) electrons. The van der Waals surface area contributed by atoms with Crippen molar-refractivity contribution in [3.8, 4) is 5.75 Å². The van der Waals surface area contributed by atoms with E-state index in [1.165, 1.54) is 19.3 Å². The number of hydrogen-bond acceptors (Lipinski definition) is 3. The largest absolute Gasteiger partial charge is 0.484 e. The molecular weight excluding hydrogens is 352 g/mol. The highest BCUT2D eigenvalue weighted by atomic mass is 16.5. The van der Waals surface area contributed by atoms with Crippen LogP contribution in [-0.2, 0) is 11.3 Å². The Morgan fingerprint density at radius 3 is 2.54 bits per heavy atom. The summed E-state index contributed by atoms with van der Waals surface area (Å²) in [5, 5.41) is 2.90. The summed E-state index contributed by atoms with van der Waals surface area (Å²) in [6.07, 6.45) is 5.76. The number of nitrogens with one attached hydrogen (secondary N) is 1. The Morgan fingerprint density at radius 1 is 1.04 bits per heavy atom. The van der Waals surface area contributed by atoms with Crippen molar-refractivity contribution >= 4 is 11.8 Å². The highest BCUT2D eigenvalue weighted by molar-refractivity contribution is 5.94. The summed E-state index contributed by atoms with van der Waals surface area (Å²) >= 11 is 0. The van der Waals surface area contributed by atoms with Crippen LogP contribution in [0, 0.1) is 0 Å². The molecule has 0 bridgehead atoms. The zero-order valence-corrected chi connectivity index (χ0v) is 16.4. The van der Waals surface area contributed by atoms with Gasteiger partial charge in [-0.2, -0.15) is 0 Å². The third-order valence-electron chi connectivity index (χ3n) is 5.27. The minimum Gasteiger partial charge on any atom is -0.484 e. The fourth-order valence-electron chi connectivity index (χ4n) is 3.53. The van der Waals surface area contributed by atoms with E-state index in [4.69, 9.17) is 4.74 Å². The average molecular weight is 380 g/mol. The number of carbonyl (C=O) groups is 2. The first-order valence-corrected chi connectivity index (χ1v) is 9.94. The summed E-state index contributed by atoms with van der Waals surface area (Å²) in [7, 11) is 1.86. The molecule has 1 aliphatic rings. The van der Waals surface area contributed by atoms with E-state index >= 15 is 0 Å². The van der Waals surface area contributed by atoms with Crippen molar-refractivity contribution in [1.82, 2.24) is 10.2 Å². The lowest BCUT2D eigenvalue weighted by atomic mass is 9.94. The lowest BCUT2D eigenvalue weighted by Gasteiger charge is -2.31. The van der Waals surface area contributed by atoms with E-state index in [1.807, 2.05) is 42.3 Å². The van der Waals surface area contributed by atoms with E-state index < -0.39 is 0 Å². The molecule has 0 unspecified atom stereocenters. The number of rotatable bonds is 7. The Balaban J connectivity index is 1.51. The van der Waals surface area contributed by atoms with Gasteiger partial charge in [-0.05, 0) is 36.6 Å². The normalized spacial score (nSPS) is 14.3. The fraction of sp³-hybridized carbons (Fsp3) is 0.391. The Hall–Kier alpha value is -2.82. The zero-order valence-electron chi connectivity index (χ0n) is 16.4. The Kier molecular flexibility index (Phi) is 7.06. The summed E-state index contributed by atoms with van der Waals surface area (Å²) in [6.45, 7) is 0.456. The fourth-order valence-corrected chi connectivity index (χ4v) is 3.53. The first kappa shape index (κ1) is 19.9. The van der Waals surface area contributed by atoms with Gasteiger partial charge in [-0.1, -0.05) is 55.7 Å². The molecule has 1 fully saturated rings. The standard InChI is InChI=1S/C23H28N2O3/c1-25(20-12-6-3-7-13-20)22(26)17-28-21-14-8-11-19(15-21)23(27)24-16-18-9-4-2-5-10-18/h2,4-5,8-11,14-15,20H,3,6-7,12-13,16-17H2,1H3,(H,24,27). The van der Waals surface area contributed by atoms with Crippen LogP contribution in [0.15, 0.2) is 54.6 Å². The van der Waals surface area contributed by atoms with Crippen molar-refractivity contribution in [2.45, 2.75) is 44.7 Å². The van der Waals surface area contributed by atoms with Crippen molar-refractivity contribution in [2.24, 2.45) is 0 Å². The van der Waals surface area contributed by atoms with Gasteiger partial charge in [0, 0.05) is 25.2 Å². The SMILES string of the molecule is CN(C(=O)COc1cccc(C(=O)NCc2ccccc2)c1)C1CCCCC1. The minimum atomic E-state index is -0.167. The molecule has 2 aromatic rings. The predicted molar refractivity (Wildman–Crippen MR) is 109 cm³/mol. The van der Waals surface area contributed by atoms with Crippen LogP contribution in [0.25, 0.3) is 0 Å². The van der Waals surface area contributed by atoms with Gasteiger partial charge in [-0.15, -0.1) is 0 Å². The van der Waals surface area contributed by atoms with Crippen LogP contribution < -0.4 is 10.1 Å². The van der Waals surface area contributed by atoms with Crippen molar-refractivity contribution in [3.05, 3.63) is 65.7 Å². The van der Waals surface area contributed by atoms with Gasteiger partial charge in [-0.3, -0.25) is 9.59 Å². The number of benzene rings is 2. The molecule has 1 aliphatic carbocycles. The van der Waals surface area contributed by atoms with E-state index in [9.17, 15) is 9.59 Å². The molecule has 0 aliphatic heterocycles. The molecule has 5 heteroatoms. The molecule has 0 heterocycles. The molecule has 0 saturated heterocycles. The molecule has 0 atom stereocenters. The lowest BCUT2D eigenvalue weighted by Crippen LogP contribution is -2.40. The Bertz CT molecular complexity index is 785. The van der Waals surface area contributed by atoms with Crippen LogP contribution in [0.4, 0.5) is 0 Å². The maximum atomic E-state index is 12.4. The lowest BCUT2D eigenvalue weighted by molar-refractivity contribution is -0.134. The summed E-state index contributed by atoms with van der Waals surface area (Å²) in [5.74, 6) is 0.337. The summed E-state index contributed by atoms with van der Waals surface area (Å²) < 4.78 is 5.66. The molecule has 1 saturated carbocycles. The molecule has 2 aromatic carbocycles. The van der Waals surface area contributed by atoms with Crippen LogP contribution in [0.3, 0.4) is 0 Å². The van der Waals surface area contributed by atoms with Crippen molar-refractivity contribution in [2.75, 3.05) is 13.7 Å². The van der Waals surface area contributed by atoms with Gasteiger partial charge in [-0.25, -0.2) is 0 Å². The number of hydrogen-bond donors (Lipinski definition) is 1. The third kappa shape index (κ3) is 5.59. The van der Waals surface area contributed by atoms with Crippen LogP contribution >= 0.6 is 0 Å². The van der Waals surface area contributed by atoms with Crippen LogP contribution in [0.2, 0.25) is 0 Å². The van der Waals surface area contributed by atoms with E-state index in [-0.39, 0.29) is 18.4 Å². The first-order chi connectivity index (χ1) is 13.6. The molecular formula is C23H28N2O3. The summed E-state index contributed by atoms with van der Waals surface area (Å²) in [6, 6.07) is 17.0. The smallest absolute Gasteiger partial charge is 0.260 e. The predicted octanol–water partition coefficient (Wildman–Crippen LogP) is 3.79. The number of nitrogens with zero attached hydrogens (tertiary/aromatic N) is 1. The van der Waals surface area contributed by atoms with Crippen LogP contribution in [0.1, 0.15) is 48.0 Å². The van der Waals surface area contributed by atoms with Gasteiger partial charge in [0.1, 0.15) is 5.75 Å². The number of amides is 2. The second-order valence-electron chi connectivity index (χ2n) is 7.28. The highest BCUT2D eigenvalue weighted by Gasteiger charge is 2.22. The number of likely N-dealkylation sites (N-methyl/N-ethyl adjacent to an activating group) is 1. The maximum Gasteiger partial charge on any atom is 0.260 e. The van der Waals surface area contributed by atoms with E-state index in [1.54, 1.807) is 24.3 Å². The van der Waals surface area contributed by atoms with E-state index in [0.29, 0.717) is 23.9 Å². The molecule has 5 nitrogen and oxygen atoms in total. The van der Waals surface area contributed by atoms with Gasteiger partial charge in [0.25, 0.3) is 11.8 Å². The third-order valence-corrected chi connectivity index (χ3v) is 5.27. The second-order valence-corrected chi connectivity index (χ2v) is 7.28. The number of ether oxygens (including phenoxy) is 1. The average Bonchev–Trinajstić information content (AvgIpc) is 2.76. The van der Waals surface area contributed by atoms with Gasteiger partial charge in [0.15, 0.2) is 6.61 Å². The molecule has 28 heavy (non-hydrogen) atoms. The van der Waals surface area contributed by atoms with Gasteiger partial charge in [0.2, 0.25) is 0 Å². The quantitative estimate of drug-likeness (QED) is 0.795. The first-order valence-electron chi connectivity index (χ1n) is 9.94. The van der Waals surface area contributed by atoms with E-state index in [0.717, 1.165) is 18.4 Å². The molecule has 148 valence electrons. The summed E-state index contributed by atoms with van der Waals surface area (Å²) in [4.78, 5) is 26.6. The van der Waals surface area contributed by atoms with Crippen molar-refractivity contribution in [3.63, 3.8) is 0 Å². The van der Waals surface area contributed by atoms with Crippen molar-refractivity contribution < 1.29 is 14.3 Å². The Labute approximate surface area is 166 Å². The molecule has 0 aromatic heterocycles. The molecule has 2 amide bonds. The van der Waals surface area contributed by atoms with Gasteiger partial charge in [0.05, 0.1) is 0 Å². The van der Waals surface area contributed by atoms with Gasteiger partial charge >= 0.3 is 0 Å². The van der Waals surface area contributed by atoms with Crippen LogP contribution in [0.5, 0.6) is 5.75 Å². The van der Waals surface area contributed by atoms with E-state index in [2.05, 4.69) is 5.32 Å². The molecule has 3 rings (SSSR count). The maximum absolute atomic E-state index is 12.4. The molecule has 0 spiro atoms. The zero-order chi connectivity index (χ0) is 19.8. The Morgan fingerprint density at radius 2 is 1.79 bits per heavy atom.